The highest BCUT2D eigenvalue weighted by atomic mass is 16.5. The van der Waals surface area contributed by atoms with E-state index in [1.165, 1.54) is 0 Å². The Labute approximate surface area is 151 Å². The lowest BCUT2D eigenvalue weighted by Crippen LogP contribution is -2.35. The molecule has 0 saturated heterocycles. The fourth-order valence-corrected chi connectivity index (χ4v) is 2.68. The molecule has 0 saturated carbocycles. The summed E-state index contributed by atoms with van der Waals surface area (Å²) in [7, 11) is 0. The van der Waals surface area contributed by atoms with Crippen molar-refractivity contribution in [2.75, 3.05) is 0 Å². The molecular formula is C21H18N2O3. The lowest BCUT2D eigenvalue weighted by Gasteiger charge is -2.14. The third-order valence-corrected chi connectivity index (χ3v) is 3.85. The fourth-order valence-electron chi connectivity index (χ4n) is 2.68. The average Bonchev–Trinajstić information content (AvgIpc) is 2.67. The third-order valence-electron chi connectivity index (χ3n) is 3.85. The van der Waals surface area contributed by atoms with Crippen LogP contribution in [0.5, 0.6) is 5.75 Å². The molecule has 0 aliphatic carbocycles. The van der Waals surface area contributed by atoms with Crippen LogP contribution in [0.2, 0.25) is 0 Å². The van der Waals surface area contributed by atoms with Gasteiger partial charge in [-0.3, -0.25) is 10.1 Å². The molecule has 0 radical (unpaired) electrons. The predicted molar refractivity (Wildman–Crippen MR) is 99.7 cm³/mol. The smallest absolute Gasteiger partial charge is 0.319 e. The van der Waals surface area contributed by atoms with Gasteiger partial charge in [0.25, 0.3) is 5.91 Å². The number of imide groups is 1. The Morgan fingerprint density at radius 3 is 2.15 bits per heavy atom. The van der Waals surface area contributed by atoms with Crippen molar-refractivity contribution in [2.24, 2.45) is 5.73 Å². The van der Waals surface area contributed by atoms with Crippen molar-refractivity contribution >= 4 is 11.9 Å². The zero-order valence-corrected chi connectivity index (χ0v) is 14.0. The quantitative estimate of drug-likeness (QED) is 0.738. The van der Waals surface area contributed by atoms with Crippen molar-refractivity contribution < 1.29 is 14.3 Å². The van der Waals surface area contributed by atoms with E-state index in [0.29, 0.717) is 17.7 Å². The molecule has 3 aromatic carbocycles. The molecule has 0 aliphatic heterocycles. The molecule has 0 unspecified atom stereocenters. The number of carbonyl (C=O) groups excluding carboxylic acids is 2. The van der Waals surface area contributed by atoms with Gasteiger partial charge in [-0.15, -0.1) is 0 Å². The number of urea groups is 1. The zero-order valence-electron chi connectivity index (χ0n) is 14.0. The molecule has 3 aromatic rings. The van der Waals surface area contributed by atoms with E-state index in [1.807, 2.05) is 66.7 Å². The van der Waals surface area contributed by atoms with Crippen LogP contribution < -0.4 is 15.8 Å². The number of rotatable bonds is 5. The van der Waals surface area contributed by atoms with Gasteiger partial charge in [-0.25, -0.2) is 4.79 Å². The molecular weight excluding hydrogens is 328 g/mol. The van der Waals surface area contributed by atoms with E-state index in [0.717, 1.165) is 16.9 Å². The highest BCUT2D eigenvalue weighted by Gasteiger charge is 2.16. The molecule has 0 aliphatic rings. The van der Waals surface area contributed by atoms with E-state index in [2.05, 4.69) is 5.32 Å². The highest BCUT2D eigenvalue weighted by Crippen LogP contribution is 2.28. The number of nitrogens with one attached hydrogen (secondary N) is 1. The van der Waals surface area contributed by atoms with Crippen molar-refractivity contribution in [1.29, 1.82) is 0 Å². The summed E-state index contributed by atoms with van der Waals surface area (Å²) in [5, 5.41) is 2.12. The number of nitrogens with two attached hydrogens (primary N) is 1. The number of para-hydroxylation sites is 1. The Hall–Kier alpha value is -3.60. The topological polar surface area (TPSA) is 81.4 Å². The van der Waals surface area contributed by atoms with Crippen LogP contribution in [0.4, 0.5) is 4.79 Å². The third kappa shape index (κ3) is 4.08. The second-order valence-electron chi connectivity index (χ2n) is 5.62. The summed E-state index contributed by atoms with van der Waals surface area (Å²) >= 11 is 0. The van der Waals surface area contributed by atoms with E-state index in [-0.39, 0.29) is 0 Å². The van der Waals surface area contributed by atoms with Gasteiger partial charge in [0, 0.05) is 5.56 Å². The lowest BCUT2D eigenvalue weighted by molar-refractivity contribution is 0.0967. The number of amides is 3. The van der Waals surface area contributed by atoms with Gasteiger partial charge in [0.15, 0.2) is 0 Å². The van der Waals surface area contributed by atoms with Gasteiger partial charge in [0.05, 0.1) is 0 Å². The minimum Gasteiger partial charge on any atom is -0.489 e. The Kier molecular flexibility index (Phi) is 5.29. The highest BCUT2D eigenvalue weighted by molar-refractivity contribution is 6.07. The van der Waals surface area contributed by atoms with Crippen LogP contribution in [-0.2, 0) is 6.61 Å². The number of primary amides is 1. The fraction of sp³-hybridized carbons (Fsp3) is 0.0476. The van der Waals surface area contributed by atoms with Gasteiger partial charge in [-0.05, 0) is 34.9 Å². The van der Waals surface area contributed by atoms with Crippen LogP contribution in [0.1, 0.15) is 15.9 Å². The van der Waals surface area contributed by atoms with Gasteiger partial charge in [-0.2, -0.15) is 0 Å². The molecule has 3 amide bonds. The summed E-state index contributed by atoms with van der Waals surface area (Å²) in [5.74, 6) is 0.231. The molecule has 0 atom stereocenters. The van der Waals surface area contributed by atoms with Crippen molar-refractivity contribution in [2.45, 2.75) is 6.61 Å². The largest absolute Gasteiger partial charge is 0.489 e. The van der Waals surface area contributed by atoms with E-state index in [9.17, 15) is 9.59 Å². The summed E-state index contributed by atoms with van der Waals surface area (Å²) in [6.07, 6.45) is 0. The first kappa shape index (κ1) is 17.2. The summed E-state index contributed by atoms with van der Waals surface area (Å²) < 4.78 is 5.84. The Morgan fingerprint density at radius 2 is 1.42 bits per heavy atom. The summed E-state index contributed by atoms with van der Waals surface area (Å²) in [4.78, 5) is 23.3. The van der Waals surface area contributed by atoms with Gasteiger partial charge in [0.2, 0.25) is 0 Å². The summed E-state index contributed by atoms with van der Waals surface area (Å²) in [6.45, 7) is 0.353. The van der Waals surface area contributed by atoms with Crippen LogP contribution in [0.25, 0.3) is 11.1 Å². The van der Waals surface area contributed by atoms with Gasteiger partial charge in [0.1, 0.15) is 12.4 Å². The first-order valence-corrected chi connectivity index (χ1v) is 8.11. The van der Waals surface area contributed by atoms with Crippen molar-refractivity contribution in [3.05, 3.63) is 90.0 Å². The Bertz CT molecular complexity index is 923. The van der Waals surface area contributed by atoms with E-state index < -0.39 is 11.9 Å². The second-order valence-corrected chi connectivity index (χ2v) is 5.62. The Balaban J connectivity index is 1.93. The first-order valence-electron chi connectivity index (χ1n) is 8.11. The number of ether oxygens (including phenoxy) is 1. The van der Waals surface area contributed by atoms with Crippen LogP contribution in [-0.4, -0.2) is 11.9 Å². The maximum absolute atomic E-state index is 12.3. The van der Waals surface area contributed by atoms with Gasteiger partial charge < -0.3 is 10.5 Å². The Morgan fingerprint density at radius 1 is 0.808 bits per heavy atom. The van der Waals surface area contributed by atoms with E-state index in [1.54, 1.807) is 12.1 Å². The summed E-state index contributed by atoms with van der Waals surface area (Å²) in [5.41, 5.74) is 7.94. The maximum Gasteiger partial charge on any atom is 0.319 e. The number of hydrogen-bond acceptors (Lipinski definition) is 3. The van der Waals surface area contributed by atoms with Crippen LogP contribution in [0.15, 0.2) is 78.9 Å². The van der Waals surface area contributed by atoms with Crippen LogP contribution >= 0.6 is 0 Å². The van der Waals surface area contributed by atoms with Crippen molar-refractivity contribution in [1.82, 2.24) is 5.32 Å². The molecule has 3 rings (SSSR count). The predicted octanol–water partition coefficient (Wildman–Crippen LogP) is 3.74. The normalized spacial score (nSPS) is 10.2. The average molecular weight is 346 g/mol. The van der Waals surface area contributed by atoms with E-state index in [4.69, 9.17) is 10.5 Å². The molecule has 5 nitrogen and oxygen atoms in total. The molecule has 0 bridgehead atoms. The minimum atomic E-state index is -0.884. The standard InChI is InChI=1S/C21H18N2O3/c22-21(25)23-20(24)19-13-7-6-12-18(19)17-11-5-4-8-15(17)14-26-16-9-2-1-3-10-16/h1-13H,14H2,(H3,22,23,24,25). The van der Waals surface area contributed by atoms with Crippen LogP contribution in [0, 0.1) is 0 Å². The van der Waals surface area contributed by atoms with E-state index >= 15 is 0 Å². The molecule has 0 fully saturated rings. The summed E-state index contributed by atoms with van der Waals surface area (Å²) in [6, 6.07) is 23.4. The SMILES string of the molecule is NC(=O)NC(=O)c1ccccc1-c1ccccc1COc1ccccc1. The lowest BCUT2D eigenvalue weighted by atomic mass is 9.95. The molecule has 3 N–H and O–H groups in total. The molecule has 0 aromatic heterocycles. The molecule has 130 valence electrons. The minimum absolute atomic E-state index is 0.353. The first-order chi connectivity index (χ1) is 12.6. The number of hydrogen-bond donors (Lipinski definition) is 2. The van der Waals surface area contributed by atoms with Crippen molar-refractivity contribution in [3.63, 3.8) is 0 Å². The zero-order chi connectivity index (χ0) is 18.4. The van der Waals surface area contributed by atoms with Gasteiger partial charge >= 0.3 is 6.03 Å². The maximum atomic E-state index is 12.3. The van der Waals surface area contributed by atoms with Crippen LogP contribution in [0.3, 0.4) is 0 Å². The molecule has 5 heteroatoms. The molecule has 26 heavy (non-hydrogen) atoms. The molecule has 0 spiro atoms. The molecule has 0 heterocycles. The van der Waals surface area contributed by atoms with Crippen molar-refractivity contribution in [3.8, 4) is 16.9 Å². The second kappa shape index (κ2) is 7.98. The number of carbonyl (C=O) groups is 2. The van der Waals surface area contributed by atoms with Gasteiger partial charge in [-0.1, -0.05) is 60.7 Å². The monoisotopic (exact) mass is 346 g/mol. The number of benzene rings is 3.